The normalized spacial score (nSPS) is 18.7. The second-order valence-corrected chi connectivity index (χ2v) is 12.3. The maximum atomic E-state index is 13.3. The number of hydrogen-bond donors (Lipinski definition) is 2. The summed E-state index contributed by atoms with van der Waals surface area (Å²) in [6, 6.07) is 11.7. The van der Waals surface area contributed by atoms with Crippen LogP contribution in [0, 0.1) is 0 Å². The minimum atomic E-state index is -0.182. The lowest BCUT2D eigenvalue weighted by Gasteiger charge is -2.35. The van der Waals surface area contributed by atoms with Crippen molar-refractivity contribution in [2.45, 2.75) is 39.2 Å². The molecule has 0 amide bonds. The summed E-state index contributed by atoms with van der Waals surface area (Å²) in [5.41, 5.74) is 7.49. The number of aryl methyl sites for hydroxylation is 1. The van der Waals surface area contributed by atoms with E-state index in [1.165, 1.54) is 5.70 Å². The first-order valence-corrected chi connectivity index (χ1v) is 16.1. The zero-order valence-electron chi connectivity index (χ0n) is 26.1. The molecule has 3 aromatic rings. The first-order valence-electron chi connectivity index (χ1n) is 16.1. The summed E-state index contributed by atoms with van der Waals surface area (Å²) >= 11 is 0. The van der Waals surface area contributed by atoms with E-state index >= 15 is 0 Å². The second-order valence-electron chi connectivity index (χ2n) is 12.3. The smallest absolute Gasteiger partial charge is 0.274 e. The van der Waals surface area contributed by atoms with Gasteiger partial charge in [-0.3, -0.25) is 9.59 Å². The van der Waals surface area contributed by atoms with Gasteiger partial charge in [-0.1, -0.05) is 19.1 Å². The summed E-state index contributed by atoms with van der Waals surface area (Å²) in [5.74, 6) is 0.740. The Balaban J connectivity index is 1.15. The van der Waals surface area contributed by atoms with Crippen molar-refractivity contribution >= 4 is 28.7 Å². The number of anilines is 4. The summed E-state index contributed by atoms with van der Waals surface area (Å²) in [4.78, 5) is 40.2. The van der Waals surface area contributed by atoms with E-state index in [9.17, 15) is 14.7 Å². The van der Waals surface area contributed by atoms with Crippen LogP contribution in [0.2, 0.25) is 0 Å². The lowest BCUT2D eigenvalue weighted by molar-refractivity contribution is -0.112. The summed E-state index contributed by atoms with van der Waals surface area (Å²) < 4.78 is 1.56. The average Bonchev–Trinajstić information content (AvgIpc) is 3.37. The molecule has 0 spiro atoms. The average molecular weight is 608 g/mol. The third kappa shape index (κ3) is 5.42. The molecule has 234 valence electrons. The Morgan fingerprint density at radius 1 is 0.978 bits per heavy atom. The van der Waals surface area contributed by atoms with E-state index in [4.69, 9.17) is 0 Å². The van der Waals surface area contributed by atoms with Gasteiger partial charge in [0.05, 0.1) is 18.5 Å². The monoisotopic (exact) mass is 607 g/mol. The topological polar surface area (TPSA) is 97.2 Å². The molecule has 0 unspecified atom stereocenters. The Hall–Kier alpha value is -4.41. The number of aliphatic hydroxyl groups is 1. The van der Waals surface area contributed by atoms with Crippen LogP contribution in [0.1, 0.15) is 38.2 Å². The fourth-order valence-corrected chi connectivity index (χ4v) is 7.18. The number of ketones is 1. The molecular weight excluding hydrogens is 566 g/mol. The Kier molecular flexibility index (Phi) is 7.93. The lowest BCUT2D eigenvalue weighted by atomic mass is 9.96. The van der Waals surface area contributed by atoms with Crippen LogP contribution in [0.25, 0.3) is 11.1 Å². The molecule has 3 aliphatic heterocycles. The van der Waals surface area contributed by atoms with E-state index in [0.29, 0.717) is 18.1 Å². The molecule has 4 aliphatic rings. The number of aliphatic hydroxyl groups excluding tert-OH is 1. The number of allylic oxidation sites excluding steroid dienone is 2. The van der Waals surface area contributed by atoms with Crippen LogP contribution in [-0.4, -0.2) is 76.1 Å². The van der Waals surface area contributed by atoms with Crippen LogP contribution in [0.3, 0.4) is 0 Å². The van der Waals surface area contributed by atoms with Gasteiger partial charge in [0.1, 0.15) is 17.2 Å². The van der Waals surface area contributed by atoms with E-state index in [1.807, 2.05) is 48.8 Å². The van der Waals surface area contributed by atoms with Gasteiger partial charge in [0, 0.05) is 86.8 Å². The molecule has 10 heteroatoms. The van der Waals surface area contributed by atoms with Gasteiger partial charge in [0.15, 0.2) is 0 Å². The number of rotatable bonds is 7. The fraction of sp³-hybridized carbons (Fsp3) is 0.400. The molecule has 2 aromatic heterocycles. The van der Waals surface area contributed by atoms with Crippen LogP contribution in [-0.2, 0) is 18.4 Å². The van der Waals surface area contributed by atoms with E-state index in [1.54, 1.807) is 17.8 Å². The van der Waals surface area contributed by atoms with Crippen LogP contribution in [0.15, 0.2) is 76.8 Å². The molecule has 0 saturated carbocycles. The van der Waals surface area contributed by atoms with Gasteiger partial charge in [-0.15, -0.1) is 0 Å². The third-order valence-corrected chi connectivity index (χ3v) is 9.71. The van der Waals surface area contributed by atoms with Crippen LogP contribution in [0.5, 0.6) is 0 Å². The van der Waals surface area contributed by atoms with E-state index < -0.39 is 0 Å². The number of nitrogens with zero attached hydrogens (tertiary/aromatic N) is 6. The van der Waals surface area contributed by atoms with Crippen molar-refractivity contribution in [2.75, 3.05) is 60.9 Å². The number of Topliss-reactive ketones (excluding diaryl/α,β-unsaturated/α-hetero) is 1. The third-order valence-electron chi connectivity index (χ3n) is 9.71. The van der Waals surface area contributed by atoms with Gasteiger partial charge in [0.25, 0.3) is 5.56 Å². The Labute approximate surface area is 263 Å². The number of carbonyl (C=O) groups is 1. The zero-order valence-corrected chi connectivity index (χ0v) is 26.1. The highest BCUT2D eigenvalue weighted by Gasteiger charge is 2.38. The number of pyridine rings is 2. The van der Waals surface area contributed by atoms with Crippen molar-refractivity contribution in [3.05, 3.63) is 87.9 Å². The highest BCUT2D eigenvalue weighted by molar-refractivity contribution is 6.11. The second kappa shape index (κ2) is 12.2. The number of likely N-dealkylation sites (N-methyl/N-ethyl adjacent to an activating group) is 1. The molecule has 1 aliphatic carbocycles. The van der Waals surface area contributed by atoms with Crippen molar-refractivity contribution in [3.63, 3.8) is 0 Å². The van der Waals surface area contributed by atoms with Crippen LogP contribution >= 0.6 is 0 Å². The molecular formula is C35H41N7O3. The van der Waals surface area contributed by atoms with Crippen molar-refractivity contribution in [1.29, 1.82) is 0 Å². The highest BCUT2D eigenvalue weighted by Crippen LogP contribution is 2.41. The van der Waals surface area contributed by atoms with Gasteiger partial charge in [0.2, 0.25) is 5.78 Å². The largest absolute Gasteiger partial charge is 0.392 e. The predicted octanol–water partition coefficient (Wildman–Crippen LogP) is 4.20. The lowest BCUT2D eigenvalue weighted by Crippen LogP contribution is -2.46. The minimum Gasteiger partial charge on any atom is -0.392 e. The van der Waals surface area contributed by atoms with E-state index in [0.717, 1.165) is 104 Å². The molecule has 0 atom stereocenters. The number of benzene rings is 1. The molecule has 1 fully saturated rings. The molecule has 45 heavy (non-hydrogen) atoms. The Morgan fingerprint density at radius 3 is 2.56 bits per heavy atom. The number of nitrogens with one attached hydrogen (secondary N) is 1. The fourth-order valence-electron chi connectivity index (χ4n) is 7.18. The van der Waals surface area contributed by atoms with Crippen LogP contribution in [0.4, 0.5) is 22.9 Å². The summed E-state index contributed by atoms with van der Waals surface area (Å²) in [6.07, 6.45) is 9.64. The number of hydrogen-bond acceptors (Lipinski definition) is 9. The molecule has 10 nitrogen and oxygen atoms in total. The molecule has 7 rings (SSSR count). The highest BCUT2D eigenvalue weighted by atomic mass is 16.3. The van der Waals surface area contributed by atoms with Gasteiger partial charge in [-0.25, -0.2) is 4.98 Å². The summed E-state index contributed by atoms with van der Waals surface area (Å²) in [6.45, 7) is 8.56. The van der Waals surface area contributed by atoms with Gasteiger partial charge >= 0.3 is 0 Å². The molecule has 5 heterocycles. The maximum absolute atomic E-state index is 13.3. The minimum absolute atomic E-state index is 0.144. The Morgan fingerprint density at radius 2 is 1.80 bits per heavy atom. The zero-order chi connectivity index (χ0) is 31.1. The number of fused-ring (bicyclic) bond motifs is 2. The molecule has 0 bridgehead atoms. The standard InChI is InChI=1S/C35H41N7O3/c1-3-39-13-15-40(16-14-39)25-11-12-33(36-20-25)37-29-19-24(21-38(2)35(29)45)26-8-6-10-30(28(26)23-43)41-17-18-42-31-9-5-4-7-27(31)34(44)32(42)22-41/h6,8,10-12,19-22,43H,3-5,7,9,13-18,23H2,1-2H3,(H,36,37). The Bertz CT molecular complexity index is 1730. The van der Waals surface area contributed by atoms with Gasteiger partial charge < -0.3 is 34.6 Å². The predicted molar refractivity (Wildman–Crippen MR) is 178 cm³/mol. The number of carbonyl (C=O) groups excluding carboxylic acids is 1. The van der Waals surface area contributed by atoms with Crippen LogP contribution < -0.4 is 20.7 Å². The van der Waals surface area contributed by atoms with Crippen molar-refractivity contribution in [3.8, 4) is 11.1 Å². The van der Waals surface area contributed by atoms with E-state index in [-0.39, 0.29) is 17.9 Å². The quantitative estimate of drug-likeness (QED) is 0.410. The molecule has 1 aromatic carbocycles. The summed E-state index contributed by atoms with van der Waals surface area (Å²) in [7, 11) is 1.73. The van der Waals surface area contributed by atoms with Gasteiger partial charge in [-0.05, 0) is 62.1 Å². The van der Waals surface area contributed by atoms with Crippen molar-refractivity contribution < 1.29 is 9.90 Å². The molecule has 2 N–H and O–H groups in total. The number of piperazine rings is 1. The van der Waals surface area contributed by atoms with Crippen molar-refractivity contribution in [2.24, 2.45) is 7.05 Å². The maximum Gasteiger partial charge on any atom is 0.274 e. The van der Waals surface area contributed by atoms with Gasteiger partial charge in [-0.2, -0.15) is 0 Å². The first-order chi connectivity index (χ1) is 21.9. The molecule has 1 saturated heterocycles. The first kappa shape index (κ1) is 29.3. The van der Waals surface area contributed by atoms with Crippen molar-refractivity contribution in [1.82, 2.24) is 19.4 Å². The number of aromatic nitrogens is 2. The summed E-state index contributed by atoms with van der Waals surface area (Å²) in [5, 5.41) is 13.9. The van der Waals surface area contributed by atoms with E-state index in [2.05, 4.69) is 36.8 Å². The molecule has 0 radical (unpaired) electrons. The SMILES string of the molecule is CCN1CCN(c2ccc(Nc3cc(-c4cccc(N5C=C6C(=O)C7=C(CCCC7)N6CC5)c4CO)cn(C)c3=O)nc2)CC1.